The first kappa shape index (κ1) is 16.8. The van der Waals surface area contributed by atoms with E-state index in [2.05, 4.69) is 15.5 Å². The third-order valence-corrected chi connectivity index (χ3v) is 4.09. The van der Waals surface area contributed by atoms with E-state index in [4.69, 9.17) is 13.6 Å². The molecule has 1 N–H and O–H groups in total. The normalized spacial score (nSPS) is 10.9. The zero-order chi connectivity index (χ0) is 18.6. The number of hydrogen-bond donors (Lipinski definition) is 1. The number of amides is 1. The third kappa shape index (κ3) is 3.67. The van der Waals surface area contributed by atoms with Gasteiger partial charge in [-0.2, -0.15) is 0 Å². The van der Waals surface area contributed by atoms with Crippen molar-refractivity contribution in [1.29, 1.82) is 0 Å². The minimum absolute atomic E-state index is 0.0375. The lowest BCUT2D eigenvalue weighted by atomic mass is 10.1. The van der Waals surface area contributed by atoms with Gasteiger partial charge in [-0.3, -0.25) is 10.1 Å². The molecule has 0 aliphatic rings. The zero-order valence-electron chi connectivity index (χ0n) is 14.6. The van der Waals surface area contributed by atoms with Gasteiger partial charge in [0.05, 0.1) is 7.11 Å². The maximum absolute atomic E-state index is 12.1. The van der Waals surface area contributed by atoms with Gasteiger partial charge in [-0.05, 0) is 24.1 Å². The van der Waals surface area contributed by atoms with E-state index in [9.17, 15) is 4.79 Å². The molecule has 0 saturated heterocycles. The second-order valence-electron chi connectivity index (χ2n) is 5.94. The van der Waals surface area contributed by atoms with Gasteiger partial charge in [0.15, 0.2) is 17.1 Å². The molecule has 0 spiro atoms. The molecule has 2 aromatic carbocycles. The number of fused-ring (bicyclic) bond motifs is 1. The van der Waals surface area contributed by atoms with Gasteiger partial charge in [-0.1, -0.05) is 47.6 Å². The molecule has 4 rings (SSSR count). The van der Waals surface area contributed by atoms with Crippen molar-refractivity contribution in [2.24, 2.45) is 0 Å². The van der Waals surface area contributed by atoms with E-state index in [-0.39, 0.29) is 17.8 Å². The first-order chi connectivity index (χ1) is 13.2. The van der Waals surface area contributed by atoms with Crippen molar-refractivity contribution in [3.05, 3.63) is 60.2 Å². The second-order valence-corrected chi connectivity index (χ2v) is 5.94. The first-order valence-electron chi connectivity index (χ1n) is 8.47. The summed E-state index contributed by atoms with van der Waals surface area (Å²) in [5, 5.41) is 11.3. The monoisotopic (exact) mass is 363 g/mol. The van der Waals surface area contributed by atoms with Crippen LogP contribution in [0.4, 0.5) is 6.01 Å². The van der Waals surface area contributed by atoms with Crippen molar-refractivity contribution in [2.75, 3.05) is 12.4 Å². The molecule has 2 heterocycles. The van der Waals surface area contributed by atoms with Crippen molar-refractivity contribution < 1.29 is 18.4 Å². The Morgan fingerprint density at radius 1 is 1.07 bits per heavy atom. The summed E-state index contributed by atoms with van der Waals surface area (Å²) in [7, 11) is 1.58. The molecule has 7 heteroatoms. The molecule has 0 aliphatic heterocycles. The number of furan rings is 1. The molecule has 0 fully saturated rings. The molecule has 0 atom stereocenters. The first-order valence-corrected chi connectivity index (χ1v) is 8.47. The number of nitrogens with one attached hydrogen (secondary N) is 1. The zero-order valence-corrected chi connectivity index (χ0v) is 14.6. The molecule has 0 radical (unpaired) electrons. The number of hydrogen-bond acceptors (Lipinski definition) is 6. The largest absolute Gasteiger partial charge is 0.493 e. The Morgan fingerprint density at radius 3 is 2.74 bits per heavy atom. The number of ether oxygens (including phenoxy) is 1. The van der Waals surface area contributed by atoms with Gasteiger partial charge in [0, 0.05) is 11.8 Å². The molecule has 0 bridgehead atoms. The fraction of sp³-hybridized carbons (Fsp3) is 0.150. The van der Waals surface area contributed by atoms with E-state index in [0.29, 0.717) is 29.9 Å². The van der Waals surface area contributed by atoms with E-state index in [1.54, 1.807) is 13.2 Å². The van der Waals surface area contributed by atoms with E-state index in [1.165, 1.54) is 0 Å². The van der Waals surface area contributed by atoms with Crippen molar-refractivity contribution in [1.82, 2.24) is 10.2 Å². The van der Waals surface area contributed by atoms with Crippen LogP contribution in [0.15, 0.2) is 63.4 Å². The number of para-hydroxylation sites is 1. The number of rotatable bonds is 6. The summed E-state index contributed by atoms with van der Waals surface area (Å²) in [5.41, 5.74) is 1.69. The summed E-state index contributed by atoms with van der Waals surface area (Å²) in [6, 6.07) is 17.2. The Hall–Kier alpha value is -3.61. The summed E-state index contributed by atoms with van der Waals surface area (Å²) in [6.45, 7) is 0. The van der Waals surface area contributed by atoms with Crippen LogP contribution in [0.25, 0.3) is 22.6 Å². The van der Waals surface area contributed by atoms with E-state index >= 15 is 0 Å². The Labute approximate surface area is 155 Å². The van der Waals surface area contributed by atoms with Crippen molar-refractivity contribution >= 4 is 22.9 Å². The lowest BCUT2D eigenvalue weighted by molar-refractivity contribution is -0.116. The highest BCUT2D eigenvalue weighted by Crippen LogP contribution is 2.33. The summed E-state index contributed by atoms with van der Waals surface area (Å²) >= 11 is 0. The molecule has 4 aromatic rings. The molecule has 0 saturated carbocycles. The molecule has 7 nitrogen and oxygen atoms in total. The van der Waals surface area contributed by atoms with Crippen molar-refractivity contribution in [3.8, 4) is 17.4 Å². The molecule has 2 aromatic heterocycles. The average Bonchev–Trinajstić information content (AvgIpc) is 3.33. The highest BCUT2D eigenvalue weighted by Gasteiger charge is 2.16. The number of anilines is 1. The molecule has 0 aliphatic carbocycles. The number of aryl methyl sites for hydroxylation is 1. The fourth-order valence-electron chi connectivity index (χ4n) is 2.76. The Bertz CT molecular complexity index is 1070. The van der Waals surface area contributed by atoms with Crippen LogP contribution in [0.5, 0.6) is 5.75 Å². The number of aromatic nitrogens is 2. The van der Waals surface area contributed by atoms with Gasteiger partial charge in [0.2, 0.25) is 5.91 Å². The van der Waals surface area contributed by atoms with Crippen LogP contribution in [0.1, 0.15) is 12.0 Å². The lowest BCUT2D eigenvalue weighted by Gasteiger charge is -2.01. The topological polar surface area (TPSA) is 90.4 Å². The lowest BCUT2D eigenvalue weighted by Crippen LogP contribution is -2.12. The predicted molar refractivity (Wildman–Crippen MR) is 99.5 cm³/mol. The van der Waals surface area contributed by atoms with Gasteiger partial charge < -0.3 is 13.6 Å². The summed E-state index contributed by atoms with van der Waals surface area (Å²) in [5.74, 6) is 1.02. The SMILES string of the molecule is COc1cccc2cc(-c3nnc(NC(=O)CCc4ccccc4)o3)oc12. The molecule has 136 valence electrons. The average molecular weight is 363 g/mol. The number of methoxy groups -OCH3 is 1. The van der Waals surface area contributed by atoms with Crippen LogP contribution in [0, 0.1) is 0 Å². The number of carbonyl (C=O) groups excluding carboxylic acids is 1. The van der Waals surface area contributed by atoms with Crippen LogP contribution >= 0.6 is 0 Å². The molecular formula is C20H17N3O4. The van der Waals surface area contributed by atoms with Crippen molar-refractivity contribution in [2.45, 2.75) is 12.8 Å². The van der Waals surface area contributed by atoms with E-state index in [1.807, 2.05) is 48.5 Å². The van der Waals surface area contributed by atoms with Gasteiger partial charge in [-0.15, -0.1) is 5.10 Å². The molecule has 0 unspecified atom stereocenters. The predicted octanol–water partition coefficient (Wildman–Crippen LogP) is 4.06. The van der Waals surface area contributed by atoms with Crippen LogP contribution in [0.3, 0.4) is 0 Å². The fourth-order valence-corrected chi connectivity index (χ4v) is 2.76. The van der Waals surface area contributed by atoms with Crippen LogP contribution in [-0.2, 0) is 11.2 Å². The quantitative estimate of drug-likeness (QED) is 0.555. The minimum atomic E-state index is -0.194. The number of nitrogens with zero attached hydrogens (tertiary/aromatic N) is 2. The van der Waals surface area contributed by atoms with E-state index < -0.39 is 0 Å². The van der Waals surface area contributed by atoms with Gasteiger partial charge >= 0.3 is 6.01 Å². The summed E-state index contributed by atoms with van der Waals surface area (Å²) < 4.78 is 16.6. The second kappa shape index (κ2) is 7.33. The Morgan fingerprint density at radius 2 is 1.93 bits per heavy atom. The molecular weight excluding hydrogens is 346 g/mol. The van der Waals surface area contributed by atoms with Gasteiger partial charge in [0.1, 0.15) is 0 Å². The van der Waals surface area contributed by atoms with Crippen LogP contribution in [-0.4, -0.2) is 23.2 Å². The third-order valence-electron chi connectivity index (χ3n) is 4.09. The van der Waals surface area contributed by atoms with Crippen molar-refractivity contribution in [3.63, 3.8) is 0 Å². The standard InChI is InChI=1S/C20H17N3O4/c1-25-15-9-5-8-14-12-16(26-18(14)15)19-22-23-20(27-19)21-17(24)11-10-13-6-3-2-4-7-13/h2-9,12H,10-11H2,1H3,(H,21,23,24). The van der Waals surface area contributed by atoms with Gasteiger partial charge in [-0.25, -0.2) is 0 Å². The molecule has 27 heavy (non-hydrogen) atoms. The maximum Gasteiger partial charge on any atom is 0.322 e. The Kier molecular flexibility index (Phi) is 4.57. The Balaban J connectivity index is 1.45. The van der Waals surface area contributed by atoms with Gasteiger partial charge in [0.25, 0.3) is 5.89 Å². The van der Waals surface area contributed by atoms with E-state index in [0.717, 1.165) is 10.9 Å². The smallest absolute Gasteiger partial charge is 0.322 e. The highest BCUT2D eigenvalue weighted by atomic mass is 16.5. The summed E-state index contributed by atoms with van der Waals surface area (Å²) in [4.78, 5) is 12.1. The highest BCUT2D eigenvalue weighted by molar-refractivity contribution is 5.89. The van der Waals surface area contributed by atoms with Crippen LogP contribution < -0.4 is 10.1 Å². The summed E-state index contributed by atoms with van der Waals surface area (Å²) in [6.07, 6.45) is 0.959. The van der Waals surface area contributed by atoms with Crippen LogP contribution in [0.2, 0.25) is 0 Å². The number of carbonyl (C=O) groups is 1. The molecule has 1 amide bonds. The number of benzene rings is 2. The minimum Gasteiger partial charge on any atom is -0.493 e. The maximum atomic E-state index is 12.1.